The fourth-order valence-electron chi connectivity index (χ4n) is 3.68. The Morgan fingerprint density at radius 2 is 2.16 bits per heavy atom. The molecule has 2 aliphatic heterocycles. The van der Waals surface area contributed by atoms with Gasteiger partial charge in [0.25, 0.3) is 0 Å². The van der Waals surface area contributed by atoms with Crippen molar-refractivity contribution in [3.8, 4) is 0 Å². The zero-order valence-corrected chi connectivity index (χ0v) is 15.0. The van der Waals surface area contributed by atoms with E-state index in [1.54, 1.807) is 12.1 Å². The predicted molar refractivity (Wildman–Crippen MR) is 94.9 cm³/mol. The van der Waals surface area contributed by atoms with Crippen LogP contribution in [-0.2, 0) is 9.53 Å². The first-order chi connectivity index (χ1) is 12.1. The van der Waals surface area contributed by atoms with Gasteiger partial charge < -0.3 is 15.8 Å². The number of nitrogens with zero attached hydrogens (tertiary/aromatic N) is 1. The highest BCUT2D eigenvalue weighted by molar-refractivity contribution is 6.31. The van der Waals surface area contributed by atoms with Gasteiger partial charge in [0, 0.05) is 23.7 Å². The van der Waals surface area contributed by atoms with Crippen LogP contribution in [0.4, 0.5) is 4.39 Å². The normalized spacial score (nSPS) is 25.2. The molecule has 5 nitrogen and oxygen atoms in total. The first-order valence-electron chi connectivity index (χ1n) is 8.91. The molecular weight excluding hydrogens is 345 g/mol. The van der Waals surface area contributed by atoms with E-state index in [0.29, 0.717) is 30.1 Å². The summed E-state index contributed by atoms with van der Waals surface area (Å²) < 4.78 is 20.0. The summed E-state index contributed by atoms with van der Waals surface area (Å²) in [6.45, 7) is 2.48. The number of ether oxygens (including phenoxy) is 1. The summed E-state index contributed by atoms with van der Waals surface area (Å²) in [7, 11) is 0. The van der Waals surface area contributed by atoms with Gasteiger partial charge in [0.2, 0.25) is 5.91 Å². The smallest absolute Gasteiger partial charge is 0.249 e. The predicted octanol–water partition coefficient (Wildman–Crippen LogP) is 2.24. The molecule has 3 rings (SSSR count). The van der Waals surface area contributed by atoms with Crippen LogP contribution in [0.1, 0.15) is 37.3 Å². The summed E-state index contributed by atoms with van der Waals surface area (Å²) in [6.07, 6.45) is 3.09. The van der Waals surface area contributed by atoms with E-state index in [4.69, 9.17) is 22.1 Å². The molecule has 1 aromatic rings. The number of rotatable bonds is 6. The first kappa shape index (κ1) is 18.6. The van der Waals surface area contributed by atoms with Crippen molar-refractivity contribution in [2.24, 2.45) is 5.73 Å². The Kier molecular flexibility index (Phi) is 6.28. The molecule has 2 aliphatic rings. The van der Waals surface area contributed by atoms with Gasteiger partial charge in [-0.2, -0.15) is 0 Å². The Balaban J connectivity index is 1.69. The second kappa shape index (κ2) is 8.45. The minimum atomic E-state index is -0.469. The molecule has 1 unspecified atom stereocenters. The Morgan fingerprint density at radius 1 is 1.40 bits per heavy atom. The lowest BCUT2D eigenvalue weighted by Crippen LogP contribution is -2.41. The van der Waals surface area contributed by atoms with Gasteiger partial charge in [0.05, 0.1) is 12.1 Å². The molecule has 7 heteroatoms. The van der Waals surface area contributed by atoms with E-state index in [1.165, 1.54) is 6.07 Å². The standard InChI is InChI=1S/C18H25ClFN3O2/c19-13-4-3-5-14(20)17(13)15(23-8-1-2-9-23)11-22-18(24)16-7-6-12(10-21)25-16/h3-5,12,15-16H,1-2,6-11,21H2,(H,22,24)/t12-,15?,16+/m1/s1. The lowest BCUT2D eigenvalue weighted by molar-refractivity contribution is -0.132. The number of amides is 1. The van der Waals surface area contributed by atoms with Crippen LogP contribution in [0.5, 0.6) is 0 Å². The van der Waals surface area contributed by atoms with Gasteiger partial charge in [-0.3, -0.25) is 9.69 Å². The number of hydrogen-bond acceptors (Lipinski definition) is 4. The number of hydrogen-bond donors (Lipinski definition) is 2. The maximum Gasteiger partial charge on any atom is 0.249 e. The second-order valence-electron chi connectivity index (χ2n) is 6.70. The molecule has 0 aromatic heterocycles. The highest BCUT2D eigenvalue weighted by Crippen LogP contribution is 2.32. The third-order valence-corrected chi connectivity index (χ3v) is 5.38. The van der Waals surface area contributed by atoms with E-state index in [1.807, 2.05) is 0 Å². The Labute approximate surface area is 152 Å². The third kappa shape index (κ3) is 4.31. The molecule has 0 radical (unpaired) electrons. The molecule has 25 heavy (non-hydrogen) atoms. The number of carbonyl (C=O) groups is 1. The van der Waals surface area contributed by atoms with Crippen molar-refractivity contribution in [3.63, 3.8) is 0 Å². The number of nitrogens with one attached hydrogen (secondary N) is 1. The molecule has 138 valence electrons. The fraction of sp³-hybridized carbons (Fsp3) is 0.611. The molecule has 2 fully saturated rings. The molecule has 3 N–H and O–H groups in total. The monoisotopic (exact) mass is 369 g/mol. The van der Waals surface area contributed by atoms with E-state index in [9.17, 15) is 9.18 Å². The van der Waals surface area contributed by atoms with Crippen LogP contribution in [0.2, 0.25) is 5.02 Å². The summed E-state index contributed by atoms with van der Waals surface area (Å²) in [5.74, 6) is -0.494. The van der Waals surface area contributed by atoms with Crippen molar-refractivity contribution in [3.05, 3.63) is 34.6 Å². The molecule has 0 spiro atoms. The van der Waals surface area contributed by atoms with E-state index >= 15 is 0 Å². The van der Waals surface area contributed by atoms with Gasteiger partial charge in [0.1, 0.15) is 11.9 Å². The molecule has 0 bridgehead atoms. The number of carbonyl (C=O) groups excluding carboxylic acids is 1. The zero-order chi connectivity index (χ0) is 17.8. The lowest BCUT2D eigenvalue weighted by Gasteiger charge is -2.29. The van der Waals surface area contributed by atoms with Crippen LogP contribution in [0.3, 0.4) is 0 Å². The van der Waals surface area contributed by atoms with E-state index in [-0.39, 0.29) is 23.9 Å². The minimum absolute atomic E-state index is 0.0499. The van der Waals surface area contributed by atoms with Crippen LogP contribution < -0.4 is 11.1 Å². The van der Waals surface area contributed by atoms with Gasteiger partial charge in [-0.1, -0.05) is 17.7 Å². The summed E-state index contributed by atoms with van der Waals surface area (Å²) in [4.78, 5) is 14.6. The quantitative estimate of drug-likeness (QED) is 0.807. The van der Waals surface area contributed by atoms with Gasteiger partial charge >= 0.3 is 0 Å². The number of halogens is 2. The summed E-state index contributed by atoms with van der Waals surface area (Å²) in [6, 6.07) is 4.43. The molecule has 2 heterocycles. The Hall–Kier alpha value is -1.21. The summed E-state index contributed by atoms with van der Waals surface area (Å²) in [5.41, 5.74) is 6.05. The molecule has 3 atom stereocenters. The maximum atomic E-state index is 14.4. The van der Waals surface area contributed by atoms with Gasteiger partial charge in [-0.05, 0) is 50.9 Å². The summed E-state index contributed by atoms with van der Waals surface area (Å²) >= 11 is 6.27. The molecule has 0 saturated carbocycles. The lowest BCUT2D eigenvalue weighted by atomic mass is 10.0. The van der Waals surface area contributed by atoms with E-state index in [0.717, 1.165) is 32.4 Å². The molecular formula is C18H25ClFN3O2. The largest absolute Gasteiger partial charge is 0.364 e. The average molecular weight is 370 g/mol. The van der Waals surface area contributed by atoms with Crippen molar-refractivity contribution in [2.75, 3.05) is 26.2 Å². The average Bonchev–Trinajstić information content (AvgIpc) is 3.28. The van der Waals surface area contributed by atoms with Crippen molar-refractivity contribution in [1.82, 2.24) is 10.2 Å². The van der Waals surface area contributed by atoms with Gasteiger partial charge in [-0.15, -0.1) is 0 Å². The maximum absolute atomic E-state index is 14.4. The van der Waals surface area contributed by atoms with E-state index in [2.05, 4.69) is 10.2 Å². The van der Waals surface area contributed by atoms with Crippen LogP contribution in [-0.4, -0.2) is 49.2 Å². The van der Waals surface area contributed by atoms with Crippen LogP contribution in [0.25, 0.3) is 0 Å². The second-order valence-corrected chi connectivity index (χ2v) is 7.11. The van der Waals surface area contributed by atoms with Crippen LogP contribution >= 0.6 is 11.6 Å². The van der Waals surface area contributed by atoms with Crippen molar-refractivity contribution in [2.45, 2.75) is 43.9 Å². The number of nitrogens with two attached hydrogens (primary N) is 1. The minimum Gasteiger partial charge on any atom is -0.364 e. The van der Waals surface area contributed by atoms with Crippen LogP contribution in [0, 0.1) is 5.82 Å². The molecule has 1 aromatic carbocycles. The summed E-state index contributed by atoms with van der Waals surface area (Å²) in [5, 5.41) is 3.32. The van der Waals surface area contributed by atoms with Crippen molar-refractivity contribution in [1.29, 1.82) is 0 Å². The van der Waals surface area contributed by atoms with Crippen molar-refractivity contribution < 1.29 is 13.9 Å². The SMILES string of the molecule is NC[C@H]1CC[C@@H](C(=O)NCC(c2c(F)cccc2Cl)N2CCCC2)O1. The van der Waals surface area contributed by atoms with Crippen molar-refractivity contribution >= 4 is 17.5 Å². The third-order valence-electron chi connectivity index (χ3n) is 5.05. The highest BCUT2D eigenvalue weighted by atomic mass is 35.5. The highest BCUT2D eigenvalue weighted by Gasteiger charge is 2.32. The Morgan fingerprint density at radius 3 is 2.80 bits per heavy atom. The zero-order valence-electron chi connectivity index (χ0n) is 14.2. The molecule has 0 aliphatic carbocycles. The van der Waals surface area contributed by atoms with Gasteiger partial charge in [-0.25, -0.2) is 4.39 Å². The van der Waals surface area contributed by atoms with Crippen LogP contribution in [0.15, 0.2) is 18.2 Å². The van der Waals surface area contributed by atoms with E-state index < -0.39 is 6.10 Å². The van der Waals surface area contributed by atoms with Gasteiger partial charge in [0.15, 0.2) is 0 Å². The number of likely N-dealkylation sites (tertiary alicyclic amines) is 1. The topological polar surface area (TPSA) is 67.6 Å². The first-order valence-corrected chi connectivity index (χ1v) is 9.29. The fourth-order valence-corrected chi connectivity index (χ4v) is 3.97. The molecule has 1 amide bonds. The number of benzene rings is 1. The Bertz CT molecular complexity index is 590. The molecule has 2 saturated heterocycles.